The van der Waals surface area contributed by atoms with E-state index in [1.165, 1.54) is 30.2 Å². The number of rotatable bonds is 6. The van der Waals surface area contributed by atoms with Crippen LogP contribution < -0.4 is 16.2 Å². The molecule has 0 amide bonds. The summed E-state index contributed by atoms with van der Waals surface area (Å²) in [6.45, 7) is 0.892. The van der Waals surface area contributed by atoms with Gasteiger partial charge in [0.25, 0.3) is 0 Å². The van der Waals surface area contributed by atoms with E-state index in [4.69, 9.17) is 5.84 Å². The van der Waals surface area contributed by atoms with Gasteiger partial charge in [0.15, 0.2) is 5.16 Å². The molecule has 0 bridgehead atoms. The summed E-state index contributed by atoms with van der Waals surface area (Å²) in [6, 6.07) is 4.67. The molecule has 20 heavy (non-hydrogen) atoms. The van der Waals surface area contributed by atoms with E-state index < -0.39 is 0 Å². The fraction of sp³-hybridized carbons (Fsp3) is 0.385. The first-order chi connectivity index (χ1) is 9.80. The van der Waals surface area contributed by atoms with Crippen molar-refractivity contribution in [3.63, 3.8) is 0 Å². The average Bonchev–Trinajstić information content (AvgIpc) is 3.20. The van der Waals surface area contributed by atoms with Crippen LogP contribution in [0, 0.1) is 0 Å². The maximum atomic E-state index is 5.50. The zero-order chi connectivity index (χ0) is 13.9. The highest BCUT2D eigenvalue weighted by Crippen LogP contribution is 2.33. The number of thiophene rings is 1. The highest BCUT2D eigenvalue weighted by Gasteiger charge is 2.30. The topological polar surface area (TPSA) is 67.1 Å². The smallest absolute Gasteiger partial charge is 0.191 e. The number of aromatic nitrogens is 2. The Morgan fingerprint density at radius 2 is 2.35 bits per heavy atom. The van der Waals surface area contributed by atoms with Crippen molar-refractivity contribution in [2.24, 2.45) is 5.84 Å². The van der Waals surface area contributed by atoms with Crippen LogP contribution in [0.25, 0.3) is 0 Å². The third-order valence-corrected chi connectivity index (χ3v) is 4.52. The van der Waals surface area contributed by atoms with Gasteiger partial charge in [-0.05, 0) is 41.5 Å². The summed E-state index contributed by atoms with van der Waals surface area (Å²) in [6.07, 6.45) is 4.43. The normalized spacial score (nSPS) is 14.3. The molecule has 1 aliphatic carbocycles. The van der Waals surface area contributed by atoms with Crippen molar-refractivity contribution in [1.82, 2.24) is 9.97 Å². The Morgan fingerprint density at radius 1 is 1.50 bits per heavy atom. The molecule has 1 saturated carbocycles. The summed E-state index contributed by atoms with van der Waals surface area (Å²) in [5, 5.41) is 5.04. The number of anilines is 2. The van der Waals surface area contributed by atoms with Crippen LogP contribution in [0.4, 0.5) is 11.6 Å². The zero-order valence-electron chi connectivity index (χ0n) is 11.2. The Kier molecular flexibility index (Phi) is 4.09. The second kappa shape index (κ2) is 5.99. The van der Waals surface area contributed by atoms with Gasteiger partial charge in [0.2, 0.25) is 0 Å². The second-order valence-corrected chi connectivity index (χ2v) is 6.29. The molecule has 2 aromatic heterocycles. The average molecular weight is 307 g/mol. The molecule has 3 rings (SSSR count). The van der Waals surface area contributed by atoms with Crippen LogP contribution in [0.15, 0.2) is 28.0 Å². The number of nitrogens with two attached hydrogens (primary N) is 1. The Labute approximate surface area is 126 Å². The summed E-state index contributed by atoms with van der Waals surface area (Å²) in [4.78, 5) is 11.3. The molecule has 1 aliphatic rings. The second-order valence-electron chi connectivity index (χ2n) is 4.73. The van der Waals surface area contributed by atoms with Crippen LogP contribution in [-0.4, -0.2) is 22.3 Å². The minimum absolute atomic E-state index is 0.588. The summed E-state index contributed by atoms with van der Waals surface area (Å²) in [5.41, 5.74) is 3.95. The maximum Gasteiger partial charge on any atom is 0.191 e. The largest absolute Gasteiger partial charge is 0.349 e. The molecular weight excluding hydrogens is 290 g/mol. The summed E-state index contributed by atoms with van der Waals surface area (Å²) in [5.74, 6) is 7.12. The highest BCUT2D eigenvalue weighted by molar-refractivity contribution is 7.98. The molecule has 0 saturated heterocycles. The van der Waals surface area contributed by atoms with Crippen molar-refractivity contribution in [2.75, 3.05) is 16.6 Å². The number of nitrogen functional groups attached to an aromatic ring is 1. The SMILES string of the molecule is CSc1nc(NN)cc(N(Cc2ccsc2)C2CC2)n1. The minimum Gasteiger partial charge on any atom is -0.349 e. The fourth-order valence-corrected chi connectivity index (χ4v) is 3.12. The molecule has 0 spiro atoms. The molecule has 0 aromatic carbocycles. The lowest BCUT2D eigenvalue weighted by molar-refractivity contribution is 0.764. The minimum atomic E-state index is 0.588. The molecule has 0 unspecified atom stereocenters. The van der Waals surface area contributed by atoms with E-state index in [-0.39, 0.29) is 0 Å². The summed E-state index contributed by atoms with van der Waals surface area (Å²) in [7, 11) is 0. The molecule has 2 aromatic rings. The number of hydrogen-bond acceptors (Lipinski definition) is 7. The Hall–Kier alpha value is -1.31. The van der Waals surface area contributed by atoms with E-state index in [1.54, 1.807) is 11.3 Å². The lowest BCUT2D eigenvalue weighted by atomic mass is 10.3. The van der Waals surface area contributed by atoms with Crippen LogP contribution in [0.1, 0.15) is 18.4 Å². The van der Waals surface area contributed by atoms with Gasteiger partial charge in [-0.3, -0.25) is 0 Å². The first-order valence-electron chi connectivity index (χ1n) is 6.47. The predicted octanol–water partition coefficient (Wildman–Crippen LogP) is 2.71. The van der Waals surface area contributed by atoms with Gasteiger partial charge in [0, 0.05) is 18.7 Å². The molecule has 1 fully saturated rings. The van der Waals surface area contributed by atoms with Gasteiger partial charge < -0.3 is 10.3 Å². The van der Waals surface area contributed by atoms with Crippen molar-refractivity contribution in [2.45, 2.75) is 30.6 Å². The van der Waals surface area contributed by atoms with Crippen LogP contribution in [0.2, 0.25) is 0 Å². The van der Waals surface area contributed by atoms with Crippen molar-refractivity contribution >= 4 is 34.7 Å². The number of thioether (sulfide) groups is 1. The van der Waals surface area contributed by atoms with Crippen LogP contribution in [0.5, 0.6) is 0 Å². The van der Waals surface area contributed by atoms with Gasteiger partial charge >= 0.3 is 0 Å². The fourth-order valence-electron chi connectivity index (χ4n) is 2.09. The standard InChI is InChI=1S/C13H17N5S2/c1-19-13-15-11(17-14)6-12(16-13)18(10-2-3-10)7-9-4-5-20-8-9/h4-6,8,10H,2-3,7,14H2,1H3,(H,15,16,17). The van der Waals surface area contributed by atoms with Gasteiger partial charge in [-0.2, -0.15) is 11.3 Å². The van der Waals surface area contributed by atoms with E-state index in [1.807, 2.05) is 12.3 Å². The van der Waals surface area contributed by atoms with Gasteiger partial charge in [0.05, 0.1) is 0 Å². The first-order valence-corrected chi connectivity index (χ1v) is 8.64. The van der Waals surface area contributed by atoms with Crippen LogP contribution in [-0.2, 0) is 6.54 Å². The summed E-state index contributed by atoms with van der Waals surface area (Å²) >= 11 is 3.26. The molecule has 0 atom stereocenters. The predicted molar refractivity (Wildman–Crippen MR) is 85.1 cm³/mol. The Balaban J connectivity index is 1.90. The highest BCUT2D eigenvalue weighted by atomic mass is 32.2. The lowest BCUT2D eigenvalue weighted by Crippen LogP contribution is -2.26. The van der Waals surface area contributed by atoms with Crippen LogP contribution >= 0.6 is 23.1 Å². The van der Waals surface area contributed by atoms with Gasteiger partial charge in [-0.1, -0.05) is 11.8 Å². The number of hydrogen-bond donors (Lipinski definition) is 2. The number of hydrazine groups is 1. The zero-order valence-corrected chi connectivity index (χ0v) is 12.9. The quantitative estimate of drug-likeness (QED) is 0.370. The number of nitrogens with one attached hydrogen (secondary N) is 1. The maximum absolute atomic E-state index is 5.50. The first kappa shape index (κ1) is 13.7. The molecular formula is C13H17N5S2. The summed E-state index contributed by atoms with van der Waals surface area (Å²) < 4.78 is 0. The molecule has 5 nitrogen and oxygen atoms in total. The monoisotopic (exact) mass is 307 g/mol. The van der Waals surface area contributed by atoms with Crippen molar-refractivity contribution in [3.05, 3.63) is 28.5 Å². The van der Waals surface area contributed by atoms with Crippen molar-refractivity contribution in [3.8, 4) is 0 Å². The van der Waals surface area contributed by atoms with Gasteiger partial charge in [0.1, 0.15) is 11.6 Å². The van der Waals surface area contributed by atoms with Crippen molar-refractivity contribution in [1.29, 1.82) is 0 Å². The molecule has 3 N–H and O–H groups in total. The lowest BCUT2D eigenvalue weighted by Gasteiger charge is -2.23. The van der Waals surface area contributed by atoms with E-state index in [0.29, 0.717) is 11.9 Å². The van der Waals surface area contributed by atoms with E-state index in [2.05, 4.69) is 37.1 Å². The molecule has 2 heterocycles. The van der Waals surface area contributed by atoms with Crippen molar-refractivity contribution < 1.29 is 0 Å². The van der Waals surface area contributed by atoms with E-state index >= 15 is 0 Å². The molecule has 106 valence electrons. The Bertz CT molecular complexity index is 546. The third-order valence-electron chi connectivity index (χ3n) is 3.24. The number of nitrogens with zero attached hydrogens (tertiary/aromatic N) is 3. The molecule has 7 heteroatoms. The molecule has 0 aliphatic heterocycles. The van der Waals surface area contributed by atoms with Crippen LogP contribution in [0.3, 0.4) is 0 Å². The van der Waals surface area contributed by atoms with E-state index in [0.717, 1.165) is 17.5 Å². The van der Waals surface area contributed by atoms with E-state index in [9.17, 15) is 0 Å². The Morgan fingerprint density at radius 3 is 2.95 bits per heavy atom. The van der Waals surface area contributed by atoms with Gasteiger partial charge in [-0.15, -0.1) is 0 Å². The third kappa shape index (κ3) is 3.05. The van der Waals surface area contributed by atoms with Gasteiger partial charge in [-0.25, -0.2) is 15.8 Å². The molecule has 0 radical (unpaired) electrons.